The maximum absolute atomic E-state index is 12.4. The van der Waals surface area contributed by atoms with E-state index in [9.17, 15) is 29.4 Å². The fourth-order valence-corrected chi connectivity index (χ4v) is 2.88. The van der Waals surface area contributed by atoms with Gasteiger partial charge in [0, 0.05) is 11.5 Å². The number of aliphatic hydroxyl groups is 1. The summed E-state index contributed by atoms with van der Waals surface area (Å²) in [6, 6.07) is 1.14. The summed E-state index contributed by atoms with van der Waals surface area (Å²) in [6.45, 7) is -0.765. The average Bonchev–Trinajstić information content (AvgIpc) is 2.74. The summed E-state index contributed by atoms with van der Waals surface area (Å²) in [4.78, 5) is 47.9. The zero-order chi connectivity index (χ0) is 23.6. The van der Waals surface area contributed by atoms with Gasteiger partial charge < -0.3 is 37.0 Å². The van der Waals surface area contributed by atoms with Crippen molar-refractivity contribution < 1.29 is 34.5 Å². The molecule has 4 unspecified atom stereocenters. The lowest BCUT2D eigenvalue weighted by molar-refractivity contribution is -0.141. The third-order valence-electron chi connectivity index (χ3n) is 4.16. The van der Waals surface area contributed by atoms with Gasteiger partial charge in [-0.3, -0.25) is 14.4 Å². The van der Waals surface area contributed by atoms with E-state index in [1.54, 1.807) is 12.1 Å². The Morgan fingerprint density at radius 2 is 1.35 bits per heavy atom. The van der Waals surface area contributed by atoms with Gasteiger partial charge in [-0.05, 0) is 24.1 Å². The van der Waals surface area contributed by atoms with Crippen LogP contribution in [0.15, 0.2) is 24.3 Å². The highest BCUT2D eigenvalue weighted by Crippen LogP contribution is 2.11. The lowest BCUT2D eigenvalue weighted by atomic mass is 10.1. The highest BCUT2D eigenvalue weighted by Gasteiger charge is 2.29. The molecule has 8 N–H and O–H groups in total. The summed E-state index contributed by atoms with van der Waals surface area (Å²) in [5, 5.41) is 34.5. The average molecular weight is 475 g/mol. The molecule has 1 aromatic carbocycles. The van der Waals surface area contributed by atoms with E-state index in [4.69, 9.17) is 10.8 Å². The molecule has 31 heavy (non-hydrogen) atoms. The molecule has 0 radical (unpaired) electrons. The Balaban J connectivity index is 2.69. The van der Waals surface area contributed by atoms with Gasteiger partial charge in [-0.1, -0.05) is 12.1 Å². The Morgan fingerprint density at radius 1 is 0.871 bits per heavy atom. The number of rotatable bonds is 12. The topological polar surface area (TPSA) is 191 Å². The van der Waals surface area contributed by atoms with Crippen LogP contribution in [0.25, 0.3) is 0 Å². The minimum atomic E-state index is -1.39. The Morgan fingerprint density at radius 3 is 1.84 bits per heavy atom. The van der Waals surface area contributed by atoms with Crippen LogP contribution < -0.4 is 21.7 Å². The van der Waals surface area contributed by atoms with Crippen LogP contribution in [-0.2, 0) is 25.6 Å². The molecule has 1 aromatic rings. The summed E-state index contributed by atoms with van der Waals surface area (Å²) in [5.41, 5.74) is 6.51. The number of nitrogens with two attached hydrogens (primary N) is 1. The van der Waals surface area contributed by atoms with Crippen LogP contribution in [0.2, 0.25) is 0 Å². The van der Waals surface area contributed by atoms with Crippen molar-refractivity contribution in [2.45, 2.75) is 30.6 Å². The number of phenols is 1. The first-order chi connectivity index (χ1) is 14.6. The Labute approximate surface area is 189 Å². The predicted molar refractivity (Wildman–Crippen MR) is 118 cm³/mol. The standard InChI is InChI=1S/C18H26N4O7S2/c19-11(5-9-1-3-10(24)4-2-9)15(25)20-12(6-23)16(26)21-13(7-30)17(27)22-14(8-31)18(28)29/h1-4,11-14,23-24,30-31H,5-8,19H2,(H,20,25)(H,21,26)(H,22,27)(H,28,29). The molecule has 0 bridgehead atoms. The maximum Gasteiger partial charge on any atom is 0.327 e. The summed E-state index contributed by atoms with van der Waals surface area (Å²) in [6.07, 6.45) is 0.119. The second-order valence-corrected chi connectivity index (χ2v) is 7.28. The third kappa shape index (κ3) is 8.65. The molecule has 0 aliphatic carbocycles. The molecule has 0 saturated carbocycles. The number of nitrogens with one attached hydrogen (secondary N) is 3. The molecule has 1 rings (SSSR count). The number of amides is 3. The van der Waals surface area contributed by atoms with Crippen molar-refractivity contribution in [1.82, 2.24) is 16.0 Å². The van der Waals surface area contributed by atoms with Gasteiger partial charge >= 0.3 is 5.97 Å². The van der Waals surface area contributed by atoms with E-state index >= 15 is 0 Å². The molecule has 0 aliphatic rings. The van der Waals surface area contributed by atoms with Crippen LogP contribution in [0.1, 0.15) is 5.56 Å². The number of carboxylic acids is 1. The maximum atomic E-state index is 12.4. The number of carboxylic acid groups (broad SMARTS) is 1. The van der Waals surface area contributed by atoms with Gasteiger partial charge in [-0.25, -0.2) is 4.79 Å². The van der Waals surface area contributed by atoms with Crippen LogP contribution >= 0.6 is 25.3 Å². The summed E-state index contributed by atoms with van der Waals surface area (Å²) >= 11 is 7.80. The van der Waals surface area contributed by atoms with E-state index in [1.807, 2.05) is 0 Å². The van der Waals surface area contributed by atoms with E-state index in [1.165, 1.54) is 12.1 Å². The molecule has 11 nitrogen and oxygen atoms in total. The lowest BCUT2D eigenvalue weighted by Crippen LogP contribution is -2.58. The quantitative estimate of drug-likeness (QED) is 0.150. The zero-order valence-corrected chi connectivity index (χ0v) is 18.2. The van der Waals surface area contributed by atoms with Crippen LogP contribution in [-0.4, -0.2) is 81.3 Å². The Hall–Kier alpha value is -2.48. The fourth-order valence-electron chi connectivity index (χ4n) is 2.38. The molecule has 0 aliphatic heterocycles. The van der Waals surface area contributed by atoms with E-state index in [-0.39, 0.29) is 23.7 Å². The summed E-state index contributed by atoms with van der Waals surface area (Å²) < 4.78 is 0. The van der Waals surface area contributed by atoms with E-state index in [0.717, 1.165) is 0 Å². The highest BCUT2D eigenvalue weighted by molar-refractivity contribution is 7.80. The molecular formula is C18H26N4O7S2. The zero-order valence-electron chi connectivity index (χ0n) is 16.4. The number of carbonyl (C=O) groups excluding carboxylic acids is 3. The van der Waals surface area contributed by atoms with Gasteiger partial charge in [0.25, 0.3) is 0 Å². The summed E-state index contributed by atoms with van der Waals surface area (Å²) in [7, 11) is 0. The minimum Gasteiger partial charge on any atom is -0.508 e. The Kier molecular flexibility index (Phi) is 11.2. The molecular weight excluding hydrogens is 448 g/mol. The molecule has 0 saturated heterocycles. The smallest absolute Gasteiger partial charge is 0.327 e. The molecule has 0 aromatic heterocycles. The van der Waals surface area contributed by atoms with Crippen molar-refractivity contribution in [3.8, 4) is 5.75 Å². The van der Waals surface area contributed by atoms with E-state index < -0.39 is 54.5 Å². The van der Waals surface area contributed by atoms with Crippen LogP contribution in [0.4, 0.5) is 0 Å². The molecule has 0 fully saturated rings. The van der Waals surface area contributed by atoms with Gasteiger partial charge in [0.05, 0.1) is 12.6 Å². The van der Waals surface area contributed by atoms with Crippen molar-refractivity contribution in [2.24, 2.45) is 5.73 Å². The second kappa shape index (κ2) is 13.0. The number of aliphatic hydroxyl groups excluding tert-OH is 1. The number of aromatic hydroxyl groups is 1. The summed E-state index contributed by atoms with van der Waals surface area (Å²) in [5.74, 6) is -3.96. The normalized spacial score (nSPS) is 14.6. The van der Waals surface area contributed by atoms with Crippen molar-refractivity contribution >= 4 is 48.9 Å². The fraction of sp³-hybridized carbons (Fsp3) is 0.444. The first-order valence-corrected chi connectivity index (χ1v) is 10.4. The largest absolute Gasteiger partial charge is 0.508 e. The number of carbonyl (C=O) groups is 4. The van der Waals surface area contributed by atoms with Crippen LogP contribution in [0.5, 0.6) is 5.75 Å². The lowest BCUT2D eigenvalue weighted by Gasteiger charge is -2.23. The second-order valence-electron chi connectivity index (χ2n) is 6.55. The van der Waals surface area contributed by atoms with Gasteiger partial charge in [-0.2, -0.15) is 25.3 Å². The molecule has 13 heteroatoms. The number of thiol groups is 2. The number of phenolic OH excluding ortho intramolecular Hbond substituents is 1. The van der Waals surface area contributed by atoms with Crippen LogP contribution in [0.3, 0.4) is 0 Å². The molecule has 172 valence electrons. The van der Waals surface area contributed by atoms with Gasteiger partial charge in [0.1, 0.15) is 23.9 Å². The molecule has 0 heterocycles. The number of benzene rings is 1. The molecule has 3 amide bonds. The first kappa shape index (κ1) is 26.6. The molecule has 0 spiro atoms. The predicted octanol–water partition coefficient (Wildman–Crippen LogP) is -2.35. The minimum absolute atomic E-state index is 0.0608. The van der Waals surface area contributed by atoms with Crippen molar-refractivity contribution in [3.05, 3.63) is 29.8 Å². The highest BCUT2D eigenvalue weighted by atomic mass is 32.1. The first-order valence-electron chi connectivity index (χ1n) is 9.12. The third-order valence-corrected chi connectivity index (χ3v) is 4.89. The monoisotopic (exact) mass is 474 g/mol. The van der Waals surface area contributed by atoms with Crippen molar-refractivity contribution in [1.29, 1.82) is 0 Å². The van der Waals surface area contributed by atoms with Gasteiger partial charge in [0.2, 0.25) is 17.7 Å². The molecule has 4 atom stereocenters. The van der Waals surface area contributed by atoms with Crippen molar-refractivity contribution in [2.75, 3.05) is 18.1 Å². The number of aliphatic carboxylic acids is 1. The van der Waals surface area contributed by atoms with Gasteiger partial charge in [-0.15, -0.1) is 0 Å². The van der Waals surface area contributed by atoms with Crippen LogP contribution in [0, 0.1) is 0 Å². The number of hydrogen-bond acceptors (Lipinski definition) is 9. The Bertz CT molecular complexity index is 779. The SMILES string of the molecule is NC(Cc1ccc(O)cc1)C(=O)NC(CO)C(=O)NC(CS)C(=O)NC(CS)C(=O)O. The van der Waals surface area contributed by atoms with Crippen molar-refractivity contribution in [3.63, 3.8) is 0 Å². The van der Waals surface area contributed by atoms with E-state index in [2.05, 4.69) is 41.2 Å². The van der Waals surface area contributed by atoms with E-state index in [0.29, 0.717) is 5.56 Å². The van der Waals surface area contributed by atoms with Gasteiger partial charge in [0.15, 0.2) is 0 Å². The number of hydrogen-bond donors (Lipinski definition) is 9.